The third-order valence-electron chi connectivity index (χ3n) is 3.96. The molecule has 0 heterocycles. The summed E-state index contributed by atoms with van der Waals surface area (Å²) in [4.78, 5) is 2.64. The molecule has 0 spiro atoms. The largest absolute Gasteiger partial charge is 0.329 e. The Kier molecular flexibility index (Phi) is 4.79. The molecule has 0 radical (unpaired) electrons. The molecule has 0 aromatic heterocycles. The predicted octanol–water partition coefficient (Wildman–Crippen LogP) is 3.26. The van der Waals surface area contributed by atoms with Crippen molar-refractivity contribution in [2.24, 2.45) is 5.73 Å². The summed E-state index contributed by atoms with van der Waals surface area (Å²) in [6.45, 7) is 6.38. The fraction of sp³-hybridized carbons (Fsp3) is 0.625. The second-order valence-corrected chi connectivity index (χ2v) is 5.43. The van der Waals surface area contributed by atoms with E-state index in [0.29, 0.717) is 6.04 Å². The Labute approximate surface area is 111 Å². The van der Waals surface area contributed by atoms with Crippen LogP contribution in [0.4, 0.5) is 0 Å². The van der Waals surface area contributed by atoms with Crippen LogP contribution in [-0.2, 0) is 0 Å². The van der Waals surface area contributed by atoms with E-state index in [9.17, 15) is 0 Å². The summed E-state index contributed by atoms with van der Waals surface area (Å²) >= 11 is 0. The molecule has 18 heavy (non-hydrogen) atoms. The molecule has 2 heteroatoms. The van der Waals surface area contributed by atoms with Gasteiger partial charge in [0, 0.05) is 18.6 Å². The van der Waals surface area contributed by atoms with Gasteiger partial charge in [-0.15, -0.1) is 0 Å². The van der Waals surface area contributed by atoms with E-state index in [2.05, 4.69) is 43.0 Å². The molecule has 100 valence electrons. The number of benzene rings is 1. The molecular formula is C16H26N2. The highest BCUT2D eigenvalue weighted by Crippen LogP contribution is 2.35. The van der Waals surface area contributed by atoms with Crippen molar-refractivity contribution in [2.75, 3.05) is 13.1 Å². The van der Waals surface area contributed by atoms with Crippen LogP contribution in [0.1, 0.15) is 49.8 Å². The Balaban J connectivity index is 2.17. The number of hydrogen-bond acceptors (Lipinski definition) is 2. The maximum atomic E-state index is 6.07. The van der Waals surface area contributed by atoms with E-state index < -0.39 is 0 Å². The Morgan fingerprint density at radius 2 is 2.06 bits per heavy atom. The summed E-state index contributed by atoms with van der Waals surface area (Å²) < 4.78 is 0. The zero-order valence-corrected chi connectivity index (χ0v) is 11.7. The van der Waals surface area contributed by atoms with Crippen LogP contribution < -0.4 is 5.73 Å². The minimum Gasteiger partial charge on any atom is -0.329 e. The molecule has 1 aliphatic carbocycles. The molecule has 1 aliphatic rings. The molecule has 1 atom stereocenters. The predicted molar refractivity (Wildman–Crippen MR) is 77.6 cm³/mol. The molecule has 1 fully saturated rings. The Morgan fingerprint density at radius 3 is 2.61 bits per heavy atom. The molecule has 2 nitrogen and oxygen atoms in total. The van der Waals surface area contributed by atoms with Crippen LogP contribution in [0.15, 0.2) is 24.3 Å². The van der Waals surface area contributed by atoms with Gasteiger partial charge < -0.3 is 5.73 Å². The molecule has 1 unspecified atom stereocenters. The van der Waals surface area contributed by atoms with Crippen molar-refractivity contribution < 1.29 is 0 Å². The third kappa shape index (κ3) is 3.12. The van der Waals surface area contributed by atoms with Crippen molar-refractivity contribution in [2.45, 2.75) is 51.6 Å². The van der Waals surface area contributed by atoms with Crippen LogP contribution in [-0.4, -0.2) is 24.0 Å². The molecule has 1 aromatic rings. The Bertz CT molecular complexity index is 371. The summed E-state index contributed by atoms with van der Waals surface area (Å²) in [5.41, 5.74) is 8.86. The van der Waals surface area contributed by atoms with Crippen molar-refractivity contribution in [3.05, 3.63) is 35.4 Å². The number of rotatable bonds is 7. The molecule has 1 aromatic carbocycles. The van der Waals surface area contributed by atoms with E-state index in [1.807, 2.05) is 0 Å². The van der Waals surface area contributed by atoms with Gasteiger partial charge in [0.15, 0.2) is 0 Å². The minimum atomic E-state index is 0.408. The smallest absolute Gasteiger partial charge is 0.0476 e. The zero-order chi connectivity index (χ0) is 13.0. The lowest BCUT2D eigenvalue weighted by molar-refractivity contribution is 0.187. The number of nitrogens with zero attached hydrogens (tertiary/aromatic N) is 1. The van der Waals surface area contributed by atoms with Gasteiger partial charge >= 0.3 is 0 Å². The van der Waals surface area contributed by atoms with Gasteiger partial charge in [0.1, 0.15) is 0 Å². The number of aryl methyl sites for hydroxylation is 1. The quantitative estimate of drug-likeness (QED) is 0.800. The number of unbranched alkanes of at least 4 members (excludes halogenated alkanes) is 1. The molecule has 0 bridgehead atoms. The normalized spacial score (nSPS) is 17.1. The molecular weight excluding hydrogens is 220 g/mol. The fourth-order valence-electron chi connectivity index (χ4n) is 2.74. The maximum absolute atomic E-state index is 6.07. The highest BCUT2D eigenvalue weighted by molar-refractivity contribution is 5.29. The second-order valence-electron chi connectivity index (χ2n) is 5.43. The van der Waals surface area contributed by atoms with Crippen molar-refractivity contribution in [1.29, 1.82) is 0 Å². The first-order valence-electron chi connectivity index (χ1n) is 7.29. The van der Waals surface area contributed by atoms with Crippen molar-refractivity contribution in [1.82, 2.24) is 4.90 Å². The lowest BCUT2D eigenvalue weighted by atomic mass is 9.99. The summed E-state index contributed by atoms with van der Waals surface area (Å²) in [5.74, 6) is 0. The van der Waals surface area contributed by atoms with E-state index in [4.69, 9.17) is 5.73 Å². The highest BCUT2D eigenvalue weighted by Gasteiger charge is 2.33. The maximum Gasteiger partial charge on any atom is 0.0476 e. The topological polar surface area (TPSA) is 29.3 Å². The molecule has 2 N–H and O–H groups in total. The zero-order valence-electron chi connectivity index (χ0n) is 11.7. The van der Waals surface area contributed by atoms with Crippen LogP contribution in [0.5, 0.6) is 0 Å². The van der Waals surface area contributed by atoms with Gasteiger partial charge in [0.25, 0.3) is 0 Å². The van der Waals surface area contributed by atoms with Crippen LogP contribution in [0.25, 0.3) is 0 Å². The summed E-state index contributed by atoms with van der Waals surface area (Å²) in [5, 5.41) is 0. The van der Waals surface area contributed by atoms with Gasteiger partial charge in [-0.1, -0.05) is 37.6 Å². The summed E-state index contributed by atoms with van der Waals surface area (Å²) in [7, 11) is 0. The lowest BCUT2D eigenvalue weighted by Gasteiger charge is -2.32. The van der Waals surface area contributed by atoms with Crippen LogP contribution in [0, 0.1) is 6.92 Å². The average Bonchev–Trinajstić information content (AvgIpc) is 3.20. The first-order valence-corrected chi connectivity index (χ1v) is 7.29. The SMILES string of the molecule is CCCCN(C1CC1)C(CN)c1ccccc1C. The first-order chi connectivity index (χ1) is 8.77. The lowest BCUT2D eigenvalue weighted by Crippen LogP contribution is -2.36. The van der Waals surface area contributed by atoms with E-state index >= 15 is 0 Å². The van der Waals surface area contributed by atoms with Gasteiger partial charge in [-0.05, 0) is 43.9 Å². The van der Waals surface area contributed by atoms with Gasteiger partial charge in [0.05, 0.1) is 0 Å². The summed E-state index contributed by atoms with van der Waals surface area (Å²) in [6.07, 6.45) is 5.24. The molecule has 0 aliphatic heterocycles. The third-order valence-corrected chi connectivity index (χ3v) is 3.96. The van der Waals surface area contributed by atoms with Crippen LogP contribution >= 0.6 is 0 Å². The van der Waals surface area contributed by atoms with E-state index in [1.54, 1.807) is 0 Å². The Morgan fingerprint density at radius 1 is 1.33 bits per heavy atom. The first kappa shape index (κ1) is 13.6. The number of nitrogens with two attached hydrogens (primary N) is 1. The summed E-state index contributed by atoms with van der Waals surface area (Å²) in [6, 6.07) is 9.88. The highest BCUT2D eigenvalue weighted by atomic mass is 15.2. The van der Waals surface area contributed by atoms with Gasteiger partial charge in [-0.3, -0.25) is 4.90 Å². The number of hydrogen-bond donors (Lipinski definition) is 1. The van der Waals surface area contributed by atoms with Gasteiger partial charge in [-0.25, -0.2) is 0 Å². The van der Waals surface area contributed by atoms with E-state index in [-0.39, 0.29) is 0 Å². The molecule has 2 rings (SSSR count). The van der Waals surface area contributed by atoms with E-state index in [0.717, 1.165) is 12.6 Å². The van der Waals surface area contributed by atoms with E-state index in [1.165, 1.54) is 43.4 Å². The van der Waals surface area contributed by atoms with Crippen LogP contribution in [0.2, 0.25) is 0 Å². The molecule has 0 amide bonds. The van der Waals surface area contributed by atoms with Crippen LogP contribution in [0.3, 0.4) is 0 Å². The van der Waals surface area contributed by atoms with Crippen molar-refractivity contribution in [3.8, 4) is 0 Å². The monoisotopic (exact) mass is 246 g/mol. The fourth-order valence-corrected chi connectivity index (χ4v) is 2.74. The Hall–Kier alpha value is -0.860. The minimum absolute atomic E-state index is 0.408. The van der Waals surface area contributed by atoms with Crippen molar-refractivity contribution >= 4 is 0 Å². The molecule has 1 saturated carbocycles. The second kappa shape index (κ2) is 6.35. The average molecular weight is 246 g/mol. The standard InChI is InChI=1S/C16H26N2/c1-3-4-11-18(14-9-10-14)16(12-17)15-8-6-5-7-13(15)2/h5-8,14,16H,3-4,9-12,17H2,1-2H3. The van der Waals surface area contributed by atoms with Gasteiger partial charge in [0.2, 0.25) is 0 Å². The van der Waals surface area contributed by atoms with Gasteiger partial charge in [-0.2, -0.15) is 0 Å². The molecule has 0 saturated heterocycles. The van der Waals surface area contributed by atoms with Crippen molar-refractivity contribution in [3.63, 3.8) is 0 Å².